The van der Waals surface area contributed by atoms with E-state index in [2.05, 4.69) is 132 Å². The van der Waals surface area contributed by atoms with Crippen LogP contribution in [0.5, 0.6) is 5.75 Å². The van der Waals surface area contributed by atoms with Crippen LogP contribution in [0.1, 0.15) is 34.8 Å². The lowest BCUT2D eigenvalue weighted by Gasteiger charge is -2.17. The van der Waals surface area contributed by atoms with Gasteiger partial charge in [0.15, 0.2) is 0 Å². The molecule has 0 saturated carbocycles. The molecule has 7 aromatic rings. The van der Waals surface area contributed by atoms with Crippen LogP contribution in [-0.2, 0) is 6.42 Å². The molecule has 2 aliphatic carbocycles. The van der Waals surface area contributed by atoms with Crippen LogP contribution < -0.4 is 4.74 Å². The van der Waals surface area contributed by atoms with Crippen LogP contribution in [0.3, 0.4) is 0 Å². The number of aromatic amines is 1. The molecule has 2 atom stereocenters. The van der Waals surface area contributed by atoms with Crippen molar-refractivity contribution < 1.29 is 9.15 Å². The summed E-state index contributed by atoms with van der Waals surface area (Å²) in [5, 5.41) is 3.48. The predicted molar refractivity (Wildman–Crippen MR) is 185 cm³/mol. The lowest BCUT2D eigenvalue weighted by Crippen LogP contribution is -2.18. The van der Waals surface area contributed by atoms with Crippen molar-refractivity contribution in [3.63, 3.8) is 0 Å². The number of fused-ring (bicyclic) bond motifs is 10. The van der Waals surface area contributed by atoms with Gasteiger partial charge in [0.2, 0.25) is 0 Å². The fraction of sp³-hybridized carbons (Fsp3) is 0.0952. The van der Waals surface area contributed by atoms with E-state index in [-0.39, 0.29) is 6.10 Å². The predicted octanol–water partition coefficient (Wildman–Crippen LogP) is 10.9. The molecule has 0 saturated heterocycles. The van der Waals surface area contributed by atoms with Gasteiger partial charge in [-0.3, -0.25) is 0 Å². The van der Waals surface area contributed by atoms with Crippen LogP contribution in [0.25, 0.3) is 66.7 Å². The summed E-state index contributed by atoms with van der Waals surface area (Å²) in [5.41, 5.74) is 12.9. The first-order valence-corrected chi connectivity index (χ1v) is 15.8. The lowest BCUT2D eigenvalue weighted by atomic mass is 9.87. The Morgan fingerprint density at radius 3 is 2.47 bits per heavy atom. The minimum atomic E-state index is -0.00322. The molecule has 3 heteroatoms. The standard InChI is InChI=1S/C42H29NO2/c1-2-11-25(12-3-1)26-13-10-14-27(21-26)28-15-4-5-16-29(28)34-22-35-33-24-38-32(30-17-7-9-20-37(30)44-38)23-39(33)45-42(35)40-31-18-6-8-19-36(31)43-41(34)40/h1-11,13-23,25,38,43H,12,24H2. The van der Waals surface area contributed by atoms with Crippen LogP contribution >= 0.6 is 0 Å². The number of ether oxygens (including phenoxy) is 1. The van der Waals surface area contributed by atoms with Crippen LogP contribution in [0, 0.1) is 0 Å². The summed E-state index contributed by atoms with van der Waals surface area (Å²) >= 11 is 0. The molecule has 0 amide bonds. The summed E-state index contributed by atoms with van der Waals surface area (Å²) in [7, 11) is 0. The monoisotopic (exact) mass is 579 g/mol. The van der Waals surface area contributed by atoms with Gasteiger partial charge in [-0.25, -0.2) is 0 Å². The van der Waals surface area contributed by atoms with Gasteiger partial charge in [0.05, 0.1) is 10.9 Å². The molecule has 10 rings (SSSR count). The van der Waals surface area contributed by atoms with Crippen molar-refractivity contribution in [3.8, 4) is 28.0 Å². The molecule has 3 heterocycles. The van der Waals surface area contributed by atoms with E-state index in [1.165, 1.54) is 49.9 Å². The van der Waals surface area contributed by atoms with Gasteiger partial charge in [-0.15, -0.1) is 0 Å². The van der Waals surface area contributed by atoms with Crippen molar-refractivity contribution in [1.29, 1.82) is 0 Å². The minimum absolute atomic E-state index is 0.00322. The van der Waals surface area contributed by atoms with E-state index in [1.807, 2.05) is 6.07 Å². The highest BCUT2D eigenvalue weighted by Gasteiger charge is 2.35. The van der Waals surface area contributed by atoms with Gasteiger partial charge in [-0.05, 0) is 52.9 Å². The summed E-state index contributed by atoms with van der Waals surface area (Å²) in [4.78, 5) is 3.80. The third kappa shape index (κ3) is 3.71. The molecule has 214 valence electrons. The zero-order valence-corrected chi connectivity index (χ0v) is 24.6. The number of hydrogen-bond acceptors (Lipinski definition) is 2. The van der Waals surface area contributed by atoms with E-state index in [1.54, 1.807) is 0 Å². The van der Waals surface area contributed by atoms with Gasteiger partial charge in [-0.1, -0.05) is 109 Å². The molecule has 1 N–H and O–H groups in total. The van der Waals surface area contributed by atoms with Crippen molar-refractivity contribution in [2.45, 2.75) is 24.9 Å². The van der Waals surface area contributed by atoms with Crippen LogP contribution in [0.2, 0.25) is 0 Å². The first kappa shape index (κ1) is 24.9. The summed E-state index contributed by atoms with van der Waals surface area (Å²) in [6.45, 7) is 0. The molecule has 0 spiro atoms. The van der Waals surface area contributed by atoms with E-state index in [9.17, 15) is 0 Å². The second kappa shape index (κ2) is 9.48. The maximum absolute atomic E-state index is 6.82. The number of hydrogen-bond donors (Lipinski definition) is 1. The second-order valence-corrected chi connectivity index (χ2v) is 12.4. The maximum atomic E-state index is 6.82. The average molecular weight is 580 g/mol. The Hall–Kier alpha value is -5.54. The zero-order chi connectivity index (χ0) is 29.5. The highest BCUT2D eigenvalue weighted by molar-refractivity contribution is 6.23. The molecule has 5 aromatic carbocycles. The third-order valence-corrected chi connectivity index (χ3v) is 9.88. The Bertz CT molecular complexity index is 2430. The summed E-state index contributed by atoms with van der Waals surface area (Å²) in [6, 6.07) is 37.1. The second-order valence-electron chi connectivity index (χ2n) is 12.4. The Kier molecular flexibility index (Phi) is 5.23. The molecular formula is C42H29NO2. The quantitative estimate of drug-likeness (QED) is 0.226. The van der Waals surface area contributed by atoms with Crippen molar-refractivity contribution in [1.82, 2.24) is 4.98 Å². The normalized spacial score (nSPS) is 18.2. The molecule has 45 heavy (non-hydrogen) atoms. The van der Waals surface area contributed by atoms with E-state index in [0.29, 0.717) is 5.92 Å². The zero-order valence-electron chi connectivity index (χ0n) is 24.6. The largest absolute Gasteiger partial charge is 0.485 e. The SMILES string of the molecule is C1=CCC(c2cccc(-c3ccccc3-c3cc4c5c(oc4c4c3[nH]c3ccccc34)C=C3c4ccccc4OC3C5)c2)C=C1. The number of rotatable bonds is 3. The smallest absolute Gasteiger partial charge is 0.145 e. The van der Waals surface area contributed by atoms with Crippen molar-refractivity contribution >= 4 is 44.4 Å². The Labute approximate surface area is 260 Å². The lowest BCUT2D eigenvalue weighted by molar-refractivity contribution is 0.275. The molecular weight excluding hydrogens is 550 g/mol. The van der Waals surface area contributed by atoms with Crippen LogP contribution in [0.4, 0.5) is 0 Å². The average Bonchev–Trinajstić information content (AvgIpc) is 3.78. The van der Waals surface area contributed by atoms with Gasteiger partial charge in [0.1, 0.15) is 23.2 Å². The number of benzene rings is 5. The van der Waals surface area contributed by atoms with Crippen molar-refractivity contribution in [2.24, 2.45) is 0 Å². The van der Waals surface area contributed by atoms with E-state index in [0.717, 1.165) is 51.7 Å². The van der Waals surface area contributed by atoms with Crippen molar-refractivity contribution in [3.05, 3.63) is 150 Å². The summed E-state index contributed by atoms with van der Waals surface area (Å²) in [6.07, 6.45) is 12.9. The molecule has 2 unspecified atom stereocenters. The molecule has 1 aliphatic heterocycles. The first-order chi connectivity index (χ1) is 22.3. The Balaban J connectivity index is 1.21. The van der Waals surface area contributed by atoms with Crippen LogP contribution in [0.15, 0.2) is 132 Å². The molecule has 0 radical (unpaired) electrons. The van der Waals surface area contributed by atoms with E-state index in [4.69, 9.17) is 9.15 Å². The highest BCUT2D eigenvalue weighted by Crippen LogP contribution is 2.49. The molecule has 2 aromatic heterocycles. The Morgan fingerprint density at radius 2 is 1.56 bits per heavy atom. The van der Waals surface area contributed by atoms with E-state index < -0.39 is 0 Å². The number of H-pyrrole nitrogens is 1. The fourth-order valence-electron chi connectivity index (χ4n) is 7.75. The van der Waals surface area contributed by atoms with Gasteiger partial charge in [-0.2, -0.15) is 0 Å². The topological polar surface area (TPSA) is 38.2 Å². The van der Waals surface area contributed by atoms with Crippen LogP contribution in [-0.4, -0.2) is 11.1 Å². The molecule has 0 bridgehead atoms. The van der Waals surface area contributed by atoms with Gasteiger partial charge < -0.3 is 14.1 Å². The van der Waals surface area contributed by atoms with E-state index >= 15 is 0 Å². The number of nitrogens with one attached hydrogen (secondary N) is 1. The molecule has 0 fully saturated rings. The third-order valence-electron chi connectivity index (χ3n) is 9.88. The minimum Gasteiger partial charge on any atom is -0.485 e. The summed E-state index contributed by atoms with van der Waals surface area (Å²) in [5.74, 6) is 2.30. The number of aromatic nitrogens is 1. The number of allylic oxidation sites excluding steroid dienone is 4. The van der Waals surface area contributed by atoms with Gasteiger partial charge >= 0.3 is 0 Å². The fourth-order valence-corrected chi connectivity index (χ4v) is 7.75. The highest BCUT2D eigenvalue weighted by atomic mass is 16.5. The van der Waals surface area contributed by atoms with Gasteiger partial charge in [0.25, 0.3) is 0 Å². The Morgan fingerprint density at radius 1 is 0.711 bits per heavy atom. The summed E-state index contributed by atoms with van der Waals surface area (Å²) < 4.78 is 13.3. The maximum Gasteiger partial charge on any atom is 0.145 e. The first-order valence-electron chi connectivity index (χ1n) is 15.8. The number of furan rings is 1. The molecule has 3 aliphatic rings. The van der Waals surface area contributed by atoms with Gasteiger partial charge in [0, 0.05) is 50.9 Å². The van der Waals surface area contributed by atoms with Crippen molar-refractivity contribution in [2.75, 3.05) is 0 Å². The number of para-hydroxylation sites is 2. The molecule has 3 nitrogen and oxygen atoms in total.